The lowest BCUT2D eigenvalue weighted by Gasteiger charge is -2.25. The van der Waals surface area contributed by atoms with Crippen LogP contribution in [-0.4, -0.2) is 4.98 Å². The van der Waals surface area contributed by atoms with E-state index in [1.807, 2.05) is 35.6 Å². The quantitative estimate of drug-likeness (QED) is 0.171. The third-order valence-electron chi connectivity index (χ3n) is 10.9. The Morgan fingerprint density at radius 3 is 1.93 bits per heavy atom. The molecule has 0 spiro atoms. The molecule has 12 aromatic rings. The van der Waals surface area contributed by atoms with Crippen molar-refractivity contribution in [2.24, 2.45) is 0 Å². The summed E-state index contributed by atoms with van der Waals surface area (Å²) in [5.74, 6) is 0. The first-order valence-electron chi connectivity index (χ1n) is 18.1. The molecule has 4 nitrogen and oxygen atoms in total. The van der Waals surface area contributed by atoms with Gasteiger partial charge >= 0.3 is 0 Å². The van der Waals surface area contributed by atoms with Crippen LogP contribution in [0.1, 0.15) is 0 Å². The van der Waals surface area contributed by atoms with Crippen molar-refractivity contribution >= 4 is 114 Å². The number of rotatable bonds is 4. The molecule has 0 aliphatic heterocycles. The Kier molecular flexibility index (Phi) is 6.18. The van der Waals surface area contributed by atoms with E-state index in [-0.39, 0.29) is 0 Å². The first kappa shape index (κ1) is 29.6. The van der Waals surface area contributed by atoms with Gasteiger partial charge in [-0.25, -0.2) is 4.98 Å². The summed E-state index contributed by atoms with van der Waals surface area (Å²) in [6, 6.07) is 59.9. The van der Waals surface area contributed by atoms with Crippen LogP contribution in [0.25, 0.3) is 97.0 Å². The fourth-order valence-electron chi connectivity index (χ4n) is 8.39. The van der Waals surface area contributed by atoms with Crippen molar-refractivity contribution in [2.45, 2.75) is 0 Å². The Hall–Kier alpha value is -6.95. The van der Waals surface area contributed by atoms with E-state index in [0.717, 1.165) is 83.1 Å². The summed E-state index contributed by atoms with van der Waals surface area (Å²) in [5, 5.41) is 10.6. The smallest absolute Gasteiger partial charge is 0.159 e. The number of aromatic nitrogens is 1. The minimum Gasteiger partial charge on any atom is -0.456 e. The number of anilines is 3. The molecule has 0 bridgehead atoms. The highest BCUT2D eigenvalue weighted by Crippen LogP contribution is 2.46. The highest BCUT2D eigenvalue weighted by molar-refractivity contribution is 7.26. The van der Waals surface area contributed by atoms with Crippen LogP contribution in [0.3, 0.4) is 0 Å². The summed E-state index contributed by atoms with van der Waals surface area (Å²) < 4.78 is 15.6. The molecule has 0 radical (unpaired) electrons. The van der Waals surface area contributed by atoms with Crippen LogP contribution >= 0.6 is 11.3 Å². The van der Waals surface area contributed by atoms with Gasteiger partial charge in [0.1, 0.15) is 16.7 Å². The fourth-order valence-corrected chi connectivity index (χ4v) is 9.66. The number of thiophene rings is 1. The molecule has 0 saturated heterocycles. The van der Waals surface area contributed by atoms with E-state index in [1.165, 1.54) is 30.9 Å². The van der Waals surface area contributed by atoms with Crippen LogP contribution in [0, 0.1) is 0 Å². The van der Waals surface area contributed by atoms with E-state index in [2.05, 4.69) is 150 Å². The Morgan fingerprint density at radius 2 is 1.07 bits per heavy atom. The van der Waals surface area contributed by atoms with Crippen molar-refractivity contribution in [1.29, 1.82) is 0 Å². The molecule has 0 amide bonds. The van der Waals surface area contributed by atoms with Crippen molar-refractivity contribution < 1.29 is 8.83 Å². The number of fused-ring (bicyclic) bond motifs is 13. The number of para-hydroxylation sites is 4. The Balaban J connectivity index is 1.07. The van der Waals surface area contributed by atoms with Gasteiger partial charge in [0.15, 0.2) is 5.58 Å². The molecular weight excluding hydrogens is 681 g/mol. The number of hydrogen-bond donors (Lipinski definition) is 0. The fraction of sp³-hybridized carbons (Fsp3) is 0. The van der Waals surface area contributed by atoms with Crippen LogP contribution in [0.5, 0.6) is 0 Å². The average Bonchev–Trinajstić information content (AvgIpc) is 3.92. The topological polar surface area (TPSA) is 42.4 Å². The lowest BCUT2D eigenvalue weighted by molar-refractivity contribution is 0.667. The largest absolute Gasteiger partial charge is 0.456 e. The monoisotopic (exact) mass is 708 g/mol. The van der Waals surface area contributed by atoms with Crippen LogP contribution in [0.2, 0.25) is 0 Å². The lowest BCUT2D eigenvalue weighted by Crippen LogP contribution is -2.10. The highest BCUT2D eigenvalue weighted by Gasteiger charge is 2.22. The molecule has 54 heavy (non-hydrogen) atoms. The minimum atomic E-state index is 0.835. The first-order chi connectivity index (χ1) is 26.8. The van der Waals surface area contributed by atoms with Gasteiger partial charge in [0, 0.05) is 75.2 Å². The van der Waals surface area contributed by atoms with E-state index < -0.39 is 0 Å². The third kappa shape index (κ3) is 4.27. The van der Waals surface area contributed by atoms with Crippen LogP contribution < -0.4 is 4.90 Å². The van der Waals surface area contributed by atoms with E-state index in [1.54, 1.807) is 0 Å². The van der Waals surface area contributed by atoms with Gasteiger partial charge in [-0.3, -0.25) is 0 Å². The molecule has 0 saturated carbocycles. The van der Waals surface area contributed by atoms with Crippen molar-refractivity contribution in [3.8, 4) is 11.3 Å². The van der Waals surface area contributed by atoms with Gasteiger partial charge < -0.3 is 13.7 Å². The predicted octanol–water partition coefficient (Wildman–Crippen LogP) is 14.7. The van der Waals surface area contributed by atoms with Crippen molar-refractivity contribution in [1.82, 2.24) is 4.98 Å². The first-order valence-corrected chi connectivity index (χ1v) is 18.9. The summed E-state index contributed by atoms with van der Waals surface area (Å²) in [6.07, 6.45) is 0. The van der Waals surface area contributed by atoms with Gasteiger partial charge in [0.25, 0.3) is 0 Å². The van der Waals surface area contributed by atoms with Gasteiger partial charge in [-0.2, -0.15) is 0 Å². The van der Waals surface area contributed by atoms with Crippen LogP contribution in [0.4, 0.5) is 17.1 Å². The zero-order valence-electron chi connectivity index (χ0n) is 28.8. The van der Waals surface area contributed by atoms with Crippen LogP contribution in [-0.2, 0) is 0 Å². The summed E-state index contributed by atoms with van der Waals surface area (Å²) in [4.78, 5) is 7.58. The highest BCUT2D eigenvalue weighted by atomic mass is 32.1. The molecule has 12 rings (SSSR count). The van der Waals surface area contributed by atoms with E-state index in [0.29, 0.717) is 0 Å². The SMILES string of the molecule is c1ccc2c(c1)nc(-c1ccc(N(c3ccc4c(c3)oc3ccccc34)c3cccc4c3oc3ccccc34)cc1)c1ccc3c4ccccc4sc3c12. The van der Waals surface area contributed by atoms with Gasteiger partial charge in [0.05, 0.1) is 22.6 Å². The van der Waals surface area contributed by atoms with Crippen molar-refractivity contribution in [2.75, 3.05) is 4.90 Å². The summed E-state index contributed by atoms with van der Waals surface area (Å²) in [5.41, 5.74) is 9.37. The molecule has 0 aliphatic rings. The lowest BCUT2D eigenvalue weighted by atomic mass is 9.98. The van der Waals surface area contributed by atoms with E-state index >= 15 is 0 Å². The van der Waals surface area contributed by atoms with E-state index in [4.69, 9.17) is 13.8 Å². The standard InChI is InChI=1S/C49H28N2O2S/c1-5-15-40-38(13-1)46-39(27-26-37-35-12-4-8-19-45(35)54-49(37)46)47(50-40)29-20-22-30(23-21-29)51(31-24-25-34-32-10-2-6-17-42(32)52-44(34)28-31)41-16-9-14-36-33-11-3-7-18-43(33)53-48(36)41/h1-28H. The molecule has 8 aromatic carbocycles. The Bertz CT molecular complexity index is 3460. The number of pyridine rings is 1. The van der Waals surface area contributed by atoms with Crippen molar-refractivity contribution in [3.63, 3.8) is 0 Å². The van der Waals surface area contributed by atoms with Gasteiger partial charge in [-0.1, -0.05) is 109 Å². The maximum Gasteiger partial charge on any atom is 0.159 e. The van der Waals surface area contributed by atoms with Gasteiger partial charge in [0.2, 0.25) is 0 Å². The molecule has 4 aromatic heterocycles. The number of nitrogens with zero attached hydrogens (tertiary/aromatic N) is 2. The molecule has 0 aliphatic carbocycles. The molecule has 0 N–H and O–H groups in total. The molecular formula is C49H28N2O2S. The second kappa shape index (κ2) is 11.3. The minimum absolute atomic E-state index is 0.835. The Labute approximate surface area is 312 Å². The third-order valence-corrected chi connectivity index (χ3v) is 12.1. The average molecular weight is 709 g/mol. The van der Waals surface area contributed by atoms with Gasteiger partial charge in [-0.05, 0) is 54.6 Å². The molecule has 0 unspecified atom stereocenters. The number of furan rings is 2. The number of hydrogen-bond acceptors (Lipinski definition) is 5. The zero-order chi connectivity index (χ0) is 35.3. The normalized spacial score (nSPS) is 12.1. The summed E-state index contributed by atoms with van der Waals surface area (Å²) >= 11 is 1.86. The zero-order valence-corrected chi connectivity index (χ0v) is 29.6. The van der Waals surface area contributed by atoms with E-state index in [9.17, 15) is 0 Å². The van der Waals surface area contributed by atoms with Crippen LogP contribution in [0.15, 0.2) is 179 Å². The maximum atomic E-state index is 6.61. The second-order valence-electron chi connectivity index (χ2n) is 13.9. The van der Waals surface area contributed by atoms with Crippen molar-refractivity contribution in [3.05, 3.63) is 170 Å². The molecule has 252 valence electrons. The predicted molar refractivity (Wildman–Crippen MR) is 227 cm³/mol. The summed E-state index contributed by atoms with van der Waals surface area (Å²) in [7, 11) is 0. The second-order valence-corrected chi connectivity index (χ2v) is 14.9. The molecule has 0 fully saturated rings. The summed E-state index contributed by atoms with van der Waals surface area (Å²) in [6.45, 7) is 0. The number of benzene rings is 8. The maximum absolute atomic E-state index is 6.61. The molecule has 4 heterocycles. The van der Waals surface area contributed by atoms with Gasteiger partial charge in [-0.15, -0.1) is 11.3 Å². The molecule has 0 atom stereocenters. The Morgan fingerprint density at radius 1 is 0.444 bits per heavy atom. The molecule has 5 heteroatoms.